The molecule has 1 heterocycles. The van der Waals surface area contributed by atoms with E-state index in [1.165, 1.54) is 4.90 Å². The van der Waals surface area contributed by atoms with E-state index in [2.05, 4.69) is 23.2 Å². The molecule has 0 radical (unpaired) electrons. The maximum Gasteiger partial charge on any atom is 0.0991 e. The summed E-state index contributed by atoms with van der Waals surface area (Å²) in [6.45, 7) is 0. The van der Waals surface area contributed by atoms with E-state index in [1.807, 2.05) is 42.6 Å². The second kappa shape index (κ2) is 4.59. The van der Waals surface area contributed by atoms with E-state index in [0.717, 1.165) is 15.8 Å². The number of aromatic nitrogens is 1. The molecule has 0 saturated carbocycles. The van der Waals surface area contributed by atoms with Crippen molar-refractivity contribution in [3.8, 4) is 6.07 Å². The van der Waals surface area contributed by atoms with E-state index in [-0.39, 0.29) is 0 Å². The summed E-state index contributed by atoms with van der Waals surface area (Å²) in [5.41, 5.74) is 1.75. The van der Waals surface area contributed by atoms with Gasteiger partial charge in [0, 0.05) is 26.9 Å². The van der Waals surface area contributed by atoms with Gasteiger partial charge in [0.2, 0.25) is 0 Å². The number of aromatic amines is 1. The number of nitrogens with one attached hydrogen (secondary N) is 1. The van der Waals surface area contributed by atoms with E-state index in [1.54, 1.807) is 11.8 Å². The Morgan fingerprint density at radius 3 is 2.67 bits per heavy atom. The first-order chi connectivity index (χ1) is 8.86. The molecule has 0 spiro atoms. The summed E-state index contributed by atoms with van der Waals surface area (Å²) in [5, 5.41) is 10.0. The monoisotopic (exact) mass is 250 g/mol. The van der Waals surface area contributed by atoms with Crippen LogP contribution in [0.25, 0.3) is 10.9 Å². The number of fused-ring (bicyclic) bond motifs is 1. The summed E-state index contributed by atoms with van der Waals surface area (Å²) in [7, 11) is 0. The van der Waals surface area contributed by atoms with Crippen LogP contribution in [0.2, 0.25) is 0 Å². The van der Waals surface area contributed by atoms with Crippen LogP contribution in [-0.4, -0.2) is 4.98 Å². The summed E-state index contributed by atoms with van der Waals surface area (Å²) in [6, 6.07) is 18.1. The minimum Gasteiger partial charge on any atom is -0.360 e. The van der Waals surface area contributed by atoms with Crippen LogP contribution in [0.4, 0.5) is 0 Å². The third-order valence-electron chi connectivity index (χ3n) is 2.74. The van der Waals surface area contributed by atoms with Gasteiger partial charge in [-0.05, 0) is 30.3 Å². The summed E-state index contributed by atoms with van der Waals surface area (Å²) >= 11 is 1.70. The summed E-state index contributed by atoms with van der Waals surface area (Å²) in [4.78, 5) is 5.57. The number of benzene rings is 2. The smallest absolute Gasteiger partial charge is 0.0991 e. The number of rotatable bonds is 2. The van der Waals surface area contributed by atoms with Crippen LogP contribution in [-0.2, 0) is 0 Å². The summed E-state index contributed by atoms with van der Waals surface area (Å²) in [6.07, 6.45) is 1.99. The van der Waals surface area contributed by atoms with Crippen molar-refractivity contribution in [2.75, 3.05) is 0 Å². The molecule has 0 aliphatic rings. The van der Waals surface area contributed by atoms with Crippen molar-refractivity contribution in [3.05, 3.63) is 60.3 Å². The average Bonchev–Trinajstić information content (AvgIpc) is 2.82. The highest BCUT2D eigenvalue weighted by atomic mass is 32.2. The molecule has 3 rings (SSSR count). The Kier molecular flexibility index (Phi) is 2.79. The molecule has 2 aromatic carbocycles. The van der Waals surface area contributed by atoms with E-state index >= 15 is 0 Å². The zero-order valence-corrected chi connectivity index (χ0v) is 10.4. The molecule has 3 aromatic rings. The Labute approximate surface area is 109 Å². The molecule has 1 aromatic heterocycles. The Bertz CT molecular complexity index is 723. The lowest BCUT2D eigenvalue weighted by Crippen LogP contribution is -1.75. The molecule has 3 heteroatoms. The van der Waals surface area contributed by atoms with Crippen molar-refractivity contribution in [2.24, 2.45) is 0 Å². The van der Waals surface area contributed by atoms with Gasteiger partial charge >= 0.3 is 0 Å². The van der Waals surface area contributed by atoms with Gasteiger partial charge in [0.15, 0.2) is 0 Å². The number of nitriles is 1. The van der Waals surface area contributed by atoms with Gasteiger partial charge in [0.05, 0.1) is 11.6 Å². The van der Waals surface area contributed by atoms with Gasteiger partial charge in [-0.15, -0.1) is 0 Å². The molecule has 0 atom stereocenters. The van der Waals surface area contributed by atoms with Gasteiger partial charge in [0.1, 0.15) is 0 Å². The van der Waals surface area contributed by atoms with Gasteiger partial charge in [-0.25, -0.2) is 0 Å². The van der Waals surface area contributed by atoms with Crippen molar-refractivity contribution in [3.63, 3.8) is 0 Å². The predicted octanol–water partition coefficient (Wildman–Crippen LogP) is 4.19. The lowest BCUT2D eigenvalue weighted by atomic mass is 10.2. The zero-order chi connectivity index (χ0) is 12.4. The highest BCUT2D eigenvalue weighted by molar-refractivity contribution is 7.99. The maximum atomic E-state index is 8.95. The first kappa shape index (κ1) is 10.9. The standard InChI is InChI=1S/C15H10N2S/c16-9-11-6-7-14-13(8-11)15(10-17-14)18-12-4-2-1-3-5-12/h1-8,10,17H. The zero-order valence-electron chi connectivity index (χ0n) is 9.55. The molecular formula is C15H10N2S. The fraction of sp³-hybridized carbons (Fsp3) is 0. The van der Waals surface area contributed by atoms with Gasteiger partial charge in [-0.1, -0.05) is 30.0 Å². The third-order valence-corrected chi connectivity index (χ3v) is 3.81. The highest BCUT2D eigenvalue weighted by Gasteiger charge is 2.06. The number of H-pyrrole nitrogens is 1. The third kappa shape index (κ3) is 1.99. The highest BCUT2D eigenvalue weighted by Crippen LogP contribution is 2.33. The predicted molar refractivity (Wildman–Crippen MR) is 73.6 cm³/mol. The molecule has 0 saturated heterocycles. The van der Waals surface area contributed by atoms with Crippen molar-refractivity contribution in [1.29, 1.82) is 5.26 Å². The second-order valence-electron chi connectivity index (χ2n) is 3.94. The van der Waals surface area contributed by atoms with Crippen LogP contribution in [0, 0.1) is 11.3 Å². The van der Waals surface area contributed by atoms with Crippen LogP contribution >= 0.6 is 11.8 Å². The lowest BCUT2D eigenvalue weighted by molar-refractivity contribution is 1.39. The van der Waals surface area contributed by atoms with Crippen molar-refractivity contribution in [1.82, 2.24) is 4.98 Å². The Morgan fingerprint density at radius 2 is 1.89 bits per heavy atom. The topological polar surface area (TPSA) is 39.6 Å². The van der Waals surface area contributed by atoms with Crippen LogP contribution in [0.5, 0.6) is 0 Å². The molecule has 0 fully saturated rings. The first-order valence-electron chi connectivity index (χ1n) is 5.61. The van der Waals surface area contributed by atoms with E-state index in [4.69, 9.17) is 5.26 Å². The molecule has 0 aliphatic carbocycles. The fourth-order valence-electron chi connectivity index (χ4n) is 1.86. The van der Waals surface area contributed by atoms with Crippen LogP contribution in [0.3, 0.4) is 0 Å². The van der Waals surface area contributed by atoms with Crippen molar-refractivity contribution >= 4 is 22.7 Å². The number of hydrogen-bond donors (Lipinski definition) is 1. The van der Waals surface area contributed by atoms with E-state index < -0.39 is 0 Å². The molecule has 86 valence electrons. The van der Waals surface area contributed by atoms with Crippen molar-refractivity contribution in [2.45, 2.75) is 9.79 Å². The molecule has 0 bridgehead atoms. The van der Waals surface area contributed by atoms with Crippen LogP contribution < -0.4 is 0 Å². The number of hydrogen-bond acceptors (Lipinski definition) is 2. The van der Waals surface area contributed by atoms with Gasteiger partial charge < -0.3 is 4.98 Å². The largest absolute Gasteiger partial charge is 0.360 e. The molecule has 0 aliphatic heterocycles. The first-order valence-corrected chi connectivity index (χ1v) is 6.42. The normalized spacial score (nSPS) is 10.4. The molecule has 18 heavy (non-hydrogen) atoms. The summed E-state index contributed by atoms with van der Waals surface area (Å²) in [5.74, 6) is 0. The van der Waals surface area contributed by atoms with Gasteiger partial charge in [0.25, 0.3) is 0 Å². The summed E-state index contributed by atoms with van der Waals surface area (Å²) < 4.78 is 0. The maximum absolute atomic E-state index is 8.95. The molecular weight excluding hydrogens is 240 g/mol. The number of nitrogens with zero attached hydrogens (tertiary/aromatic N) is 1. The lowest BCUT2D eigenvalue weighted by Gasteiger charge is -1.99. The van der Waals surface area contributed by atoms with Gasteiger partial charge in [-0.2, -0.15) is 5.26 Å². The van der Waals surface area contributed by atoms with E-state index in [9.17, 15) is 0 Å². The minimum absolute atomic E-state index is 0.692. The van der Waals surface area contributed by atoms with Gasteiger partial charge in [-0.3, -0.25) is 0 Å². The van der Waals surface area contributed by atoms with Crippen LogP contribution in [0.1, 0.15) is 5.56 Å². The Morgan fingerprint density at radius 1 is 1.06 bits per heavy atom. The minimum atomic E-state index is 0.692. The van der Waals surface area contributed by atoms with Crippen molar-refractivity contribution < 1.29 is 0 Å². The quantitative estimate of drug-likeness (QED) is 0.740. The second-order valence-corrected chi connectivity index (χ2v) is 5.06. The molecule has 1 N–H and O–H groups in total. The van der Waals surface area contributed by atoms with E-state index in [0.29, 0.717) is 5.56 Å². The fourth-order valence-corrected chi connectivity index (χ4v) is 2.81. The van der Waals surface area contributed by atoms with Crippen LogP contribution in [0.15, 0.2) is 64.5 Å². The Balaban J connectivity index is 2.05. The average molecular weight is 250 g/mol. The molecule has 0 unspecified atom stereocenters. The Hall–Kier alpha value is -2.18. The molecule has 2 nitrogen and oxygen atoms in total. The molecule has 0 amide bonds. The SMILES string of the molecule is N#Cc1ccc2[nH]cc(Sc3ccccc3)c2c1.